The van der Waals surface area contributed by atoms with E-state index in [0.717, 1.165) is 22.8 Å². The van der Waals surface area contributed by atoms with Crippen molar-refractivity contribution in [1.82, 2.24) is 9.88 Å². The molecule has 2 aromatic carbocycles. The number of nitrogens with zero attached hydrogens (tertiary/aromatic N) is 2. The number of benzene rings is 2. The summed E-state index contributed by atoms with van der Waals surface area (Å²) in [6.07, 6.45) is 3.34. The van der Waals surface area contributed by atoms with E-state index in [1.807, 2.05) is 10.6 Å². The van der Waals surface area contributed by atoms with Crippen LogP contribution in [0.25, 0.3) is 17.0 Å². The maximum Gasteiger partial charge on any atom is 0.290 e. The van der Waals surface area contributed by atoms with Crippen molar-refractivity contribution in [3.8, 4) is 0 Å². The van der Waals surface area contributed by atoms with Crippen LogP contribution in [-0.4, -0.2) is 20.6 Å². The van der Waals surface area contributed by atoms with E-state index in [-0.39, 0.29) is 10.6 Å². The Labute approximate surface area is 178 Å². The van der Waals surface area contributed by atoms with Crippen LogP contribution in [0.1, 0.15) is 11.1 Å². The SMILES string of the molecule is O=C1NC(=O)/C(=C\c2cn(Cc3ccc(Cl)c(Cl)c3)c3ccc([N+](=O)[O-])cc23)S1. The maximum absolute atomic E-state index is 11.9. The second-order valence-corrected chi connectivity index (χ2v) is 8.10. The van der Waals surface area contributed by atoms with Gasteiger partial charge in [0.1, 0.15) is 0 Å². The summed E-state index contributed by atoms with van der Waals surface area (Å²) < 4.78 is 1.89. The third-order valence-corrected chi connectivity index (χ3v) is 5.92. The zero-order valence-corrected chi connectivity index (χ0v) is 16.8. The van der Waals surface area contributed by atoms with Gasteiger partial charge in [-0.2, -0.15) is 0 Å². The monoisotopic (exact) mass is 447 g/mol. The highest BCUT2D eigenvalue weighted by Crippen LogP contribution is 2.32. The van der Waals surface area contributed by atoms with Gasteiger partial charge in [0.05, 0.1) is 19.9 Å². The first-order valence-corrected chi connectivity index (χ1v) is 9.85. The van der Waals surface area contributed by atoms with Gasteiger partial charge in [-0.15, -0.1) is 0 Å². The Morgan fingerprint density at radius 2 is 1.93 bits per heavy atom. The molecular weight excluding hydrogens is 437 g/mol. The smallest absolute Gasteiger partial charge is 0.290 e. The average Bonchev–Trinajstić information content (AvgIpc) is 3.17. The van der Waals surface area contributed by atoms with Gasteiger partial charge in [-0.1, -0.05) is 29.3 Å². The molecule has 0 aliphatic carbocycles. The average molecular weight is 448 g/mol. The molecule has 7 nitrogen and oxygen atoms in total. The molecular formula is C19H11Cl2N3O4S. The molecule has 1 N–H and O–H groups in total. The molecule has 1 saturated heterocycles. The summed E-state index contributed by atoms with van der Waals surface area (Å²) in [7, 11) is 0. The van der Waals surface area contributed by atoms with E-state index < -0.39 is 16.1 Å². The summed E-state index contributed by atoms with van der Waals surface area (Å²) in [5.41, 5.74) is 2.15. The molecule has 1 aliphatic rings. The first-order valence-electron chi connectivity index (χ1n) is 8.28. The number of amides is 2. The largest absolute Gasteiger partial charge is 0.342 e. The Hall–Kier alpha value is -2.81. The van der Waals surface area contributed by atoms with Gasteiger partial charge in [0.15, 0.2) is 0 Å². The van der Waals surface area contributed by atoms with Crippen molar-refractivity contribution < 1.29 is 14.5 Å². The van der Waals surface area contributed by atoms with Crippen LogP contribution in [0.3, 0.4) is 0 Å². The second kappa shape index (κ2) is 7.55. The topological polar surface area (TPSA) is 94.2 Å². The zero-order valence-electron chi connectivity index (χ0n) is 14.5. The Balaban J connectivity index is 1.83. The Bertz CT molecular complexity index is 1240. The van der Waals surface area contributed by atoms with Gasteiger partial charge < -0.3 is 4.57 Å². The number of rotatable bonds is 4. The number of carbonyl (C=O) groups is 2. The first kappa shape index (κ1) is 19.5. The van der Waals surface area contributed by atoms with E-state index in [1.165, 1.54) is 12.1 Å². The zero-order chi connectivity index (χ0) is 20.7. The highest BCUT2D eigenvalue weighted by molar-refractivity contribution is 8.18. The van der Waals surface area contributed by atoms with Crippen molar-refractivity contribution in [2.45, 2.75) is 6.54 Å². The van der Waals surface area contributed by atoms with Crippen LogP contribution in [0, 0.1) is 10.1 Å². The molecule has 10 heteroatoms. The highest BCUT2D eigenvalue weighted by atomic mass is 35.5. The Morgan fingerprint density at radius 1 is 1.14 bits per heavy atom. The highest BCUT2D eigenvalue weighted by Gasteiger charge is 2.25. The van der Waals surface area contributed by atoms with E-state index >= 15 is 0 Å². The molecule has 2 amide bonds. The molecule has 0 radical (unpaired) electrons. The third-order valence-electron chi connectivity index (χ3n) is 4.37. The minimum Gasteiger partial charge on any atom is -0.342 e. The van der Waals surface area contributed by atoms with Crippen LogP contribution in [0.15, 0.2) is 47.5 Å². The number of hydrogen-bond donors (Lipinski definition) is 1. The summed E-state index contributed by atoms with van der Waals surface area (Å²) in [5, 5.41) is 14.4. The van der Waals surface area contributed by atoms with Gasteiger partial charge in [-0.25, -0.2) is 0 Å². The predicted octanol–water partition coefficient (Wildman–Crippen LogP) is 5.23. The molecule has 1 aromatic heterocycles. The number of nitro benzene ring substituents is 1. The first-order chi connectivity index (χ1) is 13.8. The normalized spacial score (nSPS) is 15.3. The lowest BCUT2D eigenvalue weighted by Gasteiger charge is -2.07. The van der Waals surface area contributed by atoms with Gasteiger partial charge in [0.25, 0.3) is 16.8 Å². The molecule has 0 saturated carbocycles. The summed E-state index contributed by atoms with van der Waals surface area (Å²) >= 11 is 12.9. The molecule has 0 bridgehead atoms. The van der Waals surface area contributed by atoms with Crippen molar-refractivity contribution in [2.75, 3.05) is 0 Å². The fourth-order valence-corrected chi connectivity index (χ4v) is 4.06. The number of carbonyl (C=O) groups excluding carboxylic acids is 2. The number of thioether (sulfide) groups is 1. The van der Waals surface area contributed by atoms with Crippen molar-refractivity contribution >= 4 is 68.8 Å². The fraction of sp³-hybridized carbons (Fsp3) is 0.0526. The molecule has 0 atom stereocenters. The molecule has 0 spiro atoms. The quantitative estimate of drug-likeness (QED) is 0.335. The molecule has 29 heavy (non-hydrogen) atoms. The van der Waals surface area contributed by atoms with Crippen LogP contribution < -0.4 is 5.32 Å². The van der Waals surface area contributed by atoms with Crippen LogP contribution in [-0.2, 0) is 11.3 Å². The van der Waals surface area contributed by atoms with Gasteiger partial charge >= 0.3 is 0 Å². The van der Waals surface area contributed by atoms with Gasteiger partial charge in [0, 0.05) is 41.3 Å². The maximum atomic E-state index is 11.9. The van der Waals surface area contributed by atoms with Crippen LogP contribution in [0.2, 0.25) is 10.0 Å². The van der Waals surface area contributed by atoms with Gasteiger partial charge in [-0.3, -0.25) is 25.0 Å². The second-order valence-electron chi connectivity index (χ2n) is 6.27. The molecule has 0 unspecified atom stereocenters. The Kier molecular flexibility index (Phi) is 5.08. The lowest BCUT2D eigenvalue weighted by molar-refractivity contribution is -0.384. The van der Waals surface area contributed by atoms with E-state index in [2.05, 4.69) is 5.32 Å². The minimum atomic E-state index is -0.490. The number of imide groups is 1. The van der Waals surface area contributed by atoms with Crippen molar-refractivity contribution in [1.29, 1.82) is 0 Å². The van der Waals surface area contributed by atoms with E-state index in [4.69, 9.17) is 23.2 Å². The number of non-ortho nitro benzene ring substituents is 1. The molecule has 4 rings (SSSR count). The van der Waals surface area contributed by atoms with Crippen LogP contribution in [0.5, 0.6) is 0 Å². The number of halogens is 2. The summed E-state index contributed by atoms with van der Waals surface area (Å²) in [5.74, 6) is -0.490. The predicted molar refractivity (Wildman–Crippen MR) is 113 cm³/mol. The third kappa shape index (κ3) is 3.87. The van der Waals surface area contributed by atoms with E-state index in [0.29, 0.717) is 27.5 Å². The molecule has 2 heterocycles. The standard InChI is InChI=1S/C19H11Cl2N3O4S/c20-14-3-1-10(5-15(14)21)8-23-9-11(6-17-18(25)22-19(26)29-17)13-7-12(24(27)28)2-4-16(13)23/h1-7,9H,8H2,(H,22,25,26)/b17-6+. The number of fused-ring (bicyclic) bond motifs is 1. The number of hydrogen-bond acceptors (Lipinski definition) is 5. The summed E-state index contributed by atoms with van der Waals surface area (Å²) in [4.78, 5) is 34.3. The van der Waals surface area contributed by atoms with Gasteiger partial charge in [-0.05, 0) is 41.6 Å². The lowest BCUT2D eigenvalue weighted by Crippen LogP contribution is -2.17. The molecule has 1 fully saturated rings. The molecule has 3 aromatic rings. The number of nitrogens with one attached hydrogen (secondary N) is 1. The molecule has 146 valence electrons. The van der Waals surface area contributed by atoms with Crippen molar-refractivity contribution in [3.05, 3.63) is 78.8 Å². The minimum absolute atomic E-state index is 0.0657. The molecule has 1 aliphatic heterocycles. The van der Waals surface area contributed by atoms with Gasteiger partial charge in [0.2, 0.25) is 0 Å². The van der Waals surface area contributed by atoms with Crippen LogP contribution in [0.4, 0.5) is 10.5 Å². The lowest BCUT2D eigenvalue weighted by atomic mass is 10.1. The van der Waals surface area contributed by atoms with E-state index in [9.17, 15) is 19.7 Å². The Morgan fingerprint density at radius 3 is 2.59 bits per heavy atom. The number of aromatic nitrogens is 1. The van der Waals surface area contributed by atoms with E-state index in [1.54, 1.807) is 30.5 Å². The summed E-state index contributed by atoms with van der Waals surface area (Å²) in [6.45, 7) is 0.437. The van der Waals surface area contributed by atoms with Crippen molar-refractivity contribution in [2.24, 2.45) is 0 Å². The van der Waals surface area contributed by atoms with Crippen LogP contribution >= 0.6 is 35.0 Å². The number of nitro groups is 1. The fourth-order valence-electron chi connectivity index (χ4n) is 3.07. The summed E-state index contributed by atoms with van der Waals surface area (Å²) in [6, 6.07) is 9.81. The van der Waals surface area contributed by atoms with Crippen molar-refractivity contribution in [3.63, 3.8) is 0 Å².